The molecule has 2 aliphatic rings. The van der Waals surface area contributed by atoms with Crippen LogP contribution in [0.1, 0.15) is 35.8 Å². The first-order valence-corrected chi connectivity index (χ1v) is 12.3. The second-order valence-corrected chi connectivity index (χ2v) is 10.1. The summed E-state index contributed by atoms with van der Waals surface area (Å²) in [7, 11) is 1.68. The van der Waals surface area contributed by atoms with Gasteiger partial charge < -0.3 is 14.8 Å². The first-order valence-electron chi connectivity index (χ1n) is 11.9. The van der Waals surface area contributed by atoms with Gasteiger partial charge in [0.2, 0.25) is 0 Å². The highest BCUT2D eigenvalue weighted by Gasteiger charge is 2.39. The molecule has 2 saturated heterocycles. The molecule has 0 saturated carbocycles. The van der Waals surface area contributed by atoms with Crippen molar-refractivity contribution in [2.24, 2.45) is 0 Å². The lowest BCUT2D eigenvalue weighted by Gasteiger charge is -2.48. The third kappa shape index (κ3) is 4.78. The SMILES string of the molecule is COc1ccc(CN2[C@@H]3COC[C@H]2CC(NC(=O)c2nn(CC(C)Cl)c4ccccc24)C3)cc1. The number of morpholine rings is 1. The van der Waals surface area contributed by atoms with Crippen LogP contribution in [0.4, 0.5) is 0 Å². The summed E-state index contributed by atoms with van der Waals surface area (Å²) in [5.74, 6) is 0.744. The third-order valence-corrected chi connectivity index (χ3v) is 6.97. The Kier molecular flexibility index (Phi) is 6.77. The van der Waals surface area contributed by atoms with Gasteiger partial charge in [0.1, 0.15) is 5.75 Å². The zero-order valence-corrected chi connectivity index (χ0v) is 20.4. The van der Waals surface area contributed by atoms with Gasteiger partial charge in [0, 0.05) is 30.1 Å². The number of benzene rings is 2. The molecule has 0 radical (unpaired) electrons. The van der Waals surface area contributed by atoms with E-state index >= 15 is 0 Å². The van der Waals surface area contributed by atoms with Gasteiger partial charge >= 0.3 is 0 Å². The minimum Gasteiger partial charge on any atom is -0.497 e. The molecular weight excluding hydrogens is 452 g/mol. The van der Waals surface area contributed by atoms with Gasteiger partial charge in [-0.25, -0.2) is 0 Å². The molecule has 180 valence electrons. The van der Waals surface area contributed by atoms with Gasteiger partial charge in [-0.05, 0) is 43.5 Å². The Morgan fingerprint density at radius 2 is 1.88 bits per heavy atom. The number of halogens is 1. The van der Waals surface area contributed by atoms with Gasteiger partial charge in [0.05, 0.1) is 37.8 Å². The van der Waals surface area contributed by atoms with E-state index in [0.717, 1.165) is 36.0 Å². The number of rotatable bonds is 7. The number of piperidine rings is 1. The lowest BCUT2D eigenvalue weighted by Crippen LogP contribution is -2.60. The van der Waals surface area contributed by atoms with Crippen LogP contribution in [-0.2, 0) is 17.8 Å². The molecule has 2 bridgehead atoms. The molecule has 1 amide bonds. The van der Waals surface area contributed by atoms with Crippen LogP contribution in [-0.4, -0.2) is 64.4 Å². The highest BCUT2D eigenvalue weighted by atomic mass is 35.5. The molecule has 34 heavy (non-hydrogen) atoms. The summed E-state index contributed by atoms with van der Waals surface area (Å²) in [6, 6.07) is 16.7. The van der Waals surface area contributed by atoms with Crippen LogP contribution >= 0.6 is 11.6 Å². The van der Waals surface area contributed by atoms with Gasteiger partial charge in [-0.3, -0.25) is 14.4 Å². The maximum Gasteiger partial charge on any atom is 0.272 e. The zero-order valence-electron chi connectivity index (χ0n) is 19.6. The Hall–Kier alpha value is -2.61. The first kappa shape index (κ1) is 23.1. The summed E-state index contributed by atoms with van der Waals surface area (Å²) in [5, 5.41) is 8.69. The van der Waals surface area contributed by atoms with Crippen LogP contribution < -0.4 is 10.1 Å². The summed E-state index contributed by atoms with van der Waals surface area (Å²) in [6.45, 7) is 4.72. The molecule has 7 nitrogen and oxygen atoms in total. The number of fused-ring (bicyclic) bond motifs is 3. The van der Waals surface area contributed by atoms with Crippen molar-refractivity contribution in [1.29, 1.82) is 0 Å². The van der Waals surface area contributed by atoms with Gasteiger partial charge in [-0.15, -0.1) is 11.6 Å². The number of hydrogen-bond donors (Lipinski definition) is 1. The molecule has 3 aromatic rings. The number of alkyl halides is 1. The molecule has 3 heterocycles. The molecule has 1 aromatic heterocycles. The van der Waals surface area contributed by atoms with E-state index in [2.05, 4.69) is 27.4 Å². The average Bonchev–Trinajstić information content (AvgIpc) is 3.18. The van der Waals surface area contributed by atoms with Crippen LogP contribution in [0, 0.1) is 0 Å². The van der Waals surface area contributed by atoms with Gasteiger partial charge in [0.25, 0.3) is 5.91 Å². The number of hydrogen-bond acceptors (Lipinski definition) is 5. The van der Waals surface area contributed by atoms with Crippen LogP contribution in [0.25, 0.3) is 10.9 Å². The van der Waals surface area contributed by atoms with Gasteiger partial charge in [-0.1, -0.05) is 30.3 Å². The Bertz CT molecular complexity index is 1130. The summed E-state index contributed by atoms with van der Waals surface area (Å²) in [4.78, 5) is 15.8. The second-order valence-electron chi connectivity index (χ2n) is 9.34. The lowest BCUT2D eigenvalue weighted by atomic mass is 9.89. The van der Waals surface area contributed by atoms with E-state index in [1.165, 1.54) is 5.56 Å². The number of aromatic nitrogens is 2. The second kappa shape index (κ2) is 9.94. The fraction of sp³-hybridized carbons (Fsp3) is 0.462. The minimum atomic E-state index is -0.121. The topological polar surface area (TPSA) is 68.6 Å². The molecule has 0 aliphatic carbocycles. The summed E-state index contributed by atoms with van der Waals surface area (Å²) < 4.78 is 13.0. The number of methoxy groups -OCH3 is 1. The average molecular weight is 483 g/mol. The van der Waals surface area contributed by atoms with Crippen LogP contribution in [0.2, 0.25) is 0 Å². The number of para-hydroxylation sites is 1. The molecule has 1 N–H and O–H groups in total. The molecule has 2 aliphatic heterocycles. The molecule has 2 unspecified atom stereocenters. The van der Waals surface area contributed by atoms with E-state index in [-0.39, 0.29) is 29.4 Å². The van der Waals surface area contributed by atoms with E-state index in [0.29, 0.717) is 25.5 Å². The molecule has 5 rings (SSSR count). The summed E-state index contributed by atoms with van der Waals surface area (Å²) in [6.07, 6.45) is 1.71. The molecule has 0 spiro atoms. The van der Waals surface area contributed by atoms with Crippen LogP contribution in [0.5, 0.6) is 5.75 Å². The number of carbonyl (C=O) groups is 1. The minimum absolute atomic E-state index is 0.0754. The first-order chi connectivity index (χ1) is 16.5. The van der Waals surface area contributed by atoms with E-state index in [9.17, 15) is 4.79 Å². The maximum absolute atomic E-state index is 13.3. The van der Waals surface area contributed by atoms with Crippen molar-refractivity contribution in [1.82, 2.24) is 20.0 Å². The lowest BCUT2D eigenvalue weighted by molar-refractivity contribution is -0.0843. The van der Waals surface area contributed by atoms with Crippen molar-refractivity contribution in [3.63, 3.8) is 0 Å². The number of nitrogens with one attached hydrogen (secondary N) is 1. The van der Waals surface area contributed by atoms with Crippen molar-refractivity contribution in [3.05, 3.63) is 59.8 Å². The maximum atomic E-state index is 13.3. The van der Waals surface area contributed by atoms with E-state index in [4.69, 9.17) is 21.1 Å². The van der Waals surface area contributed by atoms with Crippen molar-refractivity contribution in [2.75, 3.05) is 20.3 Å². The van der Waals surface area contributed by atoms with Gasteiger partial charge in [0.15, 0.2) is 5.69 Å². The quantitative estimate of drug-likeness (QED) is 0.518. The van der Waals surface area contributed by atoms with Crippen LogP contribution in [0.15, 0.2) is 48.5 Å². The molecule has 2 fully saturated rings. The van der Waals surface area contributed by atoms with Crippen molar-refractivity contribution < 1.29 is 14.3 Å². The summed E-state index contributed by atoms with van der Waals surface area (Å²) in [5.41, 5.74) is 2.65. The summed E-state index contributed by atoms with van der Waals surface area (Å²) >= 11 is 6.21. The predicted molar refractivity (Wildman–Crippen MR) is 132 cm³/mol. The zero-order chi connectivity index (χ0) is 23.7. The molecule has 4 atom stereocenters. The predicted octanol–water partition coefficient (Wildman–Crippen LogP) is 3.83. The van der Waals surface area contributed by atoms with E-state index in [1.54, 1.807) is 7.11 Å². The fourth-order valence-corrected chi connectivity index (χ4v) is 5.36. The molecular formula is C26H31ClN4O3. The Balaban J connectivity index is 1.29. The molecule has 8 heteroatoms. The van der Waals surface area contributed by atoms with Crippen molar-refractivity contribution >= 4 is 28.4 Å². The largest absolute Gasteiger partial charge is 0.497 e. The number of amides is 1. The highest BCUT2D eigenvalue weighted by Crippen LogP contribution is 2.30. The van der Waals surface area contributed by atoms with Crippen LogP contribution in [0.3, 0.4) is 0 Å². The highest BCUT2D eigenvalue weighted by molar-refractivity contribution is 6.20. The number of ether oxygens (including phenoxy) is 2. The fourth-order valence-electron chi connectivity index (χ4n) is 5.23. The third-order valence-electron chi connectivity index (χ3n) is 6.83. The Morgan fingerprint density at radius 1 is 1.18 bits per heavy atom. The van der Waals surface area contributed by atoms with E-state index < -0.39 is 0 Å². The number of nitrogens with zero attached hydrogens (tertiary/aromatic N) is 3. The standard InChI is InChI=1S/C26H31ClN4O3/c1-17(27)13-31-24-6-4-3-5-23(24)25(29-31)26(32)28-19-11-20-15-34-16-21(12-19)30(20)14-18-7-9-22(33-2)10-8-18/h3-10,17,19-21H,11-16H2,1-2H3,(H,28,32)/t17?,19?,20-,21+. The molecule has 2 aromatic carbocycles. The van der Waals surface area contributed by atoms with Crippen molar-refractivity contribution in [3.8, 4) is 5.75 Å². The monoisotopic (exact) mass is 482 g/mol. The normalized spacial score (nSPS) is 23.6. The Labute approximate surface area is 205 Å². The van der Waals surface area contributed by atoms with Crippen molar-refractivity contribution in [2.45, 2.75) is 56.4 Å². The van der Waals surface area contributed by atoms with E-state index in [1.807, 2.05) is 48.0 Å². The Morgan fingerprint density at radius 3 is 2.56 bits per heavy atom. The number of carbonyl (C=O) groups excluding carboxylic acids is 1. The smallest absolute Gasteiger partial charge is 0.272 e. The van der Waals surface area contributed by atoms with Gasteiger partial charge in [-0.2, -0.15) is 5.10 Å².